The van der Waals surface area contributed by atoms with Crippen LogP contribution in [0.25, 0.3) is 22.4 Å². The first-order valence-corrected chi connectivity index (χ1v) is 9.13. The Morgan fingerprint density at radius 1 is 1.21 bits per heavy atom. The third kappa shape index (κ3) is 3.01. The largest absolute Gasteiger partial charge is 0.496 e. The van der Waals surface area contributed by atoms with E-state index in [1.807, 2.05) is 18.2 Å². The number of aromatic amines is 1. The Bertz CT molecular complexity index is 870. The second kappa shape index (κ2) is 6.49. The van der Waals surface area contributed by atoms with Crippen molar-refractivity contribution in [3.8, 4) is 17.1 Å². The van der Waals surface area contributed by atoms with Crippen LogP contribution in [0.3, 0.4) is 0 Å². The molecule has 0 bridgehead atoms. The first-order valence-electron chi connectivity index (χ1n) is 7.91. The fourth-order valence-corrected chi connectivity index (χ4v) is 3.10. The van der Waals surface area contributed by atoms with Gasteiger partial charge in [-0.25, -0.2) is 4.98 Å². The highest BCUT2D eigenvalue weighted by molar-refractivity contribution is 7.98. The zero-order chi connectivity index (χ0) is 17.3. The van der Waals surface area contributed by atoms with Crippen LogP contribution in [0.5, 0.6) is 5.75 Å². The van der Waals surface area contributed by atoms with E-state index in [2.05, 4.69) is 43.3 Å². The van der Waals surface area contributed by atoms with Crippen molar-refractivity contribution in [3.63, 3.8) is 0 Å². The highest BCUT2D eigenvalue weighted by Crippen LogP contribution is 2.33. The monoisotopic (exact) mass is 341 g/mol. The summed E-state index contributed by atoms with van der Waals surface area (Å²) < 4.78 is 5.54. The zero-order valence-electron chi connectivity index (χ0n) is 14.5. The number of nitrogens with zero attached hydrogens (tertiary/aromatic N) is 1. The summed E-state index contributed by atoms with van der Waals surface area (Å²) >= 11 is 1.69. The topological polar surface area (TPSA) is 63.9 Å². The minimum absolute atomic E-state index is 0.0584. The summed E-state index contributed by atoms with van der Waals surface area (Å²) in [5, 5.41) is 0. The van der Waals surface area contributed by atoms with Gasteiger partial charge in [-0.3, -0.25) is 0 Å². The van der Waals surface area contributed by atoms with Crippen molar-refractivity contribution < 1.29 is 4.74 Å². The van der Waals surface area contributed by atoms with Crippen molar-refractivity contribution in [2.75, 3.05) is 19.9 Å². The maximum atomic E-state index is 5.90. The smallest absolute Gasteiger partial charge is 0.142 e. The number of rotatable bonds is 5. The van der Waals surface area contributed by atoms with Gasteiger partial charge in [-0.05, 0) is 42.2 Å². The third-order valence-corrected chi connectivity index (χ3v) is 5.16. The van der Waals surface area contributed by atoms with Crippen LogP contribution in [0.15, 0.2) is 41.3 Å². The van der Waals surface area contributed by atoms with Gasteiger partial charge in [0.15, 0.2) is 0 Å². The lowest BCUT2D eigenvalue weighted by atomic mass is 9.85. The summed E-state index contributed by atoms with van der Waals surface area (Å²) in [6, 6.07) is 12.5. The molecule has 0 saturated carbocycles. The molecule has 3 rings (SSSR count). The molecule has 0 aliphatic rings. The van der Waals surface area contributed by atoms with Crippen LogP contribution in [0.1, 0.15) is 19.4 Å². The average Bonchev–Trinajstić information content (AvgIpc) is 3.03. The zero-order valence-corrected chi connectivity index (χ0v) is 15.3. The molecule has 0 fully saturated rings. The molecule has 1 aromatic heterocycles. The molecule has 126 valence electrons. The van der Waals surface area contributed by atoms with E-state index in [9.17, 15) is 0 Å². The lowest BCUT2D eigenvalue weighted by Crippen LogP contribution is -2.27. The highest BCUT2D eigenvalue weighted by Gasteiger charge is 2.19. The molecule has 0 amide bonds. The predicted octanol–water partition coefficient (Wildman–Crippen LogP) is 4.20. The number of hydrogen-bond donors (Lipinski definition) is 2. The number of ether oxygens (including phenoxy) is 1. The Morgan fingerprint density at radius 2 is 2.00 bits per heavy atom. The van der Waals surface area contributed by atoms with Gasteiger partial charge in [0.05, 0.1) is 23.7 Å². The molecule has 0 radical (unpaired) electrons. The Labute approximate surface area is 146 Å². The molecule has 5 heteroatoms. The fraction of sp³-hybridized carbons (Fsp3) is 0.316. The molecule has 1 heterocycles. The van der Waals surface area contributed by atoms with Gasteiger partial charge in [0.2, 0.25) is 0 Å². The molecule has 0 saturated heterocycles. The average molecular weight is 341 g/mol. The molecular formula is C19H23N3OS. The molecule has 0 unspecified atom stereocenters. The van der Waals surface area contributed by atoms with Crippen LogP contribution >= 0.6 is 11.8 Å². The number of fused-ring (bicyclic) bond motifs is 1. The molecule has 4 nitrogen and oxygen atoms in total. The maximum absolute atomic E-state index is 5.90. The van der Waals surface area contributed by atoms with Crippen LogP contribution in [0.2, 0.25) is 0 Å². The van der Waals surface area contributed by atoms with E-state index in [-0.39, 0.29) is 5.41 Å². The summed E-state index contributed by atoms with van der Waals surface area (Å²) in [5.41, 5.74) is 9.97. The van der Waals surface area contributed by atoms with E-state index in [4.69, 9.17) is 15.5 Å². The first kappa shape index (κ1) is 16.9. The first-order chi connectivity index (χ1) is 11.5. The Morgan fingerprint density at radius 3 is 2.67 bits per heavy atom. The second-order valence-electron chi connectivity index (χ2n) is 6.47. The minimum atomic E-state index is -0.0584. The van der Waals surface area contributed by atoms with Crippen LogP contribution < -0.4 is 10.5 Å². The SMILES string of the molecule is COc1cc(SC)ccc1-c1nc2ccc(C(C)(C)CN)cc2[nH]1. The van der Waals surface area contributed by atoms with Gasteiger partial charge >= 0.3 is 0 Å². The maximum Gasteiger partial charge on any atom is 0.142 e. The Kier molecular flexibility index (Phi) is 4.56. The number of aromatic nitrogens is 2. The van der Waals surface area contributed by atoms with E-state index >= 15 is 0 Å². The quantitative estimate of drug-likeness (QED) is 0.683. The highest BCUT2D eigenvalue weighted by atomic mass is 32.2. The van der Waals surface area contributed by atoms with Crippen molar-refractivity contribution in [2.45, 2.75) is 24.2 Å². The minimum Gasteiger partial charge on any atom is -0.496 e. The van der Waals surface area contributed by atoms with Crippen molar-refractivity contribution in [1.29, 1.82) is 0 Å². The van der Waals surface area contributed by atoms with Gasteiger partial charge in [0.25, 0.3) is 0 Å². The number of benzene rings is 2. The van der Waals surface area contributed by atoms with Crippen LogP contribution in [0, 0.1) is 0 Å². The number of imidazole rings is 1. The summed E-state index contributed by atoms with van der Waals surface area (Å²) in [6.07, 6.45) is 2.05. The van der Waals surface area contributed by atoms with Crippen LogP contribution in [-0.2, 0) is 5.41 Å². The van der Waals surface area contributed by atoms with Gasteiger partial charge in [0.1, 0.15) is 11.6 Å². The second-order valence-corrected chi connectivity index (χ2v) is 7.35. The van der Waals surface area contributed by atoms with Crippen LogP contribution in [-0.4, -0.2) is 29.9 Å². The number of methoxy groups -OCH3 is 1. The molecule has 3 aromatic rings. The van der Waals surface area contributed by atoms with Gasteiger partial charge in [-0.1, -0.05) is 19.9 Å². The van der Waals surface area contributed by atoms with Crippen LogP contribution in [0.4, 0.5) is 0 Å². The summed E-state index contributed by atoms with van der Waals surface area (Å²) in [4.78, 5) is 9.31. The normalized spacial score (nSPS) is 11.9. The third-order valence-electron chi connectivity index (χ3n) is 4.44. The molecular weight excluding hydrogens is 318 g/mol. The number of nitrogens with two attached hydrogens (primary N) is 1. The standard InChI is InChI=1S/C19H23N3OS/c1-19(2,11-20)12-5-8-15-16(9-12)22-18(21-15)14-7-6-13(24-4)10-17(14)23-3/h5-10H,11,20H2,1-4H3,(H,21,22). The number of hydrogen-bond acceptors (Lipinski definition) is 4. The van der Waals surface area contributed by atoms with E-state index in [1.165, 1.54) is 10.5 Å². The number of H-pyrrole nitrogens is 1. The number of nitrogens with one attached hydrogen (secondary N) is 1. The molecule has 0 spiro atoms. The lowest BCUT2D eigenvalue weighted by molar-refractivity contribution is 0.415. The summed E-state index contributed by atoms with van der Waals surface area (Å²) in [5.74, 6) is 1.64. The summed E-state index contributed by atoms with van der Waals surface area (Å²) in [6.45, 7) is 4.90. The predicted molar refractivity (Wildman–Crippen MR) is 102 cm³/mol. The van der Waals surface area contributed by atoms with Gasteiger partial charge in [-0.2, -0.15) is 0 Å². The van der Waals surface area contributed by atoms with Gasteiger partial charge in [0, 0.05) is 16.9 Å². The molecule has 0 aliphatic carbocycles. The van der Waals surface area contributed by atoms with Gasteiger partial charge in [-0.15, -0.1) is 11.8 Å². The van der Waals surface area contributed by atoms with Crippen molar-refractivity contribution in [3.05, 3.63) is 42.0 Å². The molecule has 2 aromatic carbocycles. The fourth-order valence-electron chi connectivity index (χ4n) is 2.67. The Balaban J connectivity index is 2.08. The van der Waals surface area contributed by atoms with Crippen molar-refractivity contribution in [2.24, 2.45) is 5.73 Å². The van der Waals surface area contributed by atoms with E-state index in [1.54, 1.807) is 18.9 Å². The lowest BCUT2D eigenvalue weighted by Gasteiger charge is -2.22. The molecule has 3 N–H and O–H groups in total. The molecule has 0 aliphatic heterocycles. The number of thioether (sulfide) groups is 1. The molecule has 0 atom stereocenters. The van der Waals surface area contributed by atoms with E-state index in [0.29, 0.717) is 6.54 Å². The Hall–Kier alpha value is -1.98. The van der Waals surface area contributed by atoms with E-state index in [0.717, 1.165) is 28.2 Å². The van der Waals surface area contributed by atoms with Crippen molar-refractivity contribution >= 4 is 22.8 Å². The van der Waals surface area contributed by atoms with E-state index < -0.39 is 0 Å². The summed E-state index contributed by atoms with van der Waals surface area (Å²) in [7, 11) is 1.69. The van der Waals surface area contributed by atoms with Crippen molar-refractivity contribution in [1.82, 2.24) is 9.97 Å². The van der Waals surface area contributed by atoms with Gasteiger partial charge < -0.3 is 15.5 Å². The molecule has 24 heavy (non-hydrogen) atoms.